The standard InChI is InChI=1S/C25H24NO2PS/c1-19-18-23(28-24(19)27)25(2,20-12-6-3-7-13-20)26-29(30,21-14-8-4-9-15-21)22-16-10-5-11-17-22/h3-18,23H,1-2H3,(H,26,30)/t23-,25+/m1/s1. The molecule has 0 saturated carbocycles. The van der Waals surface area contributed by atoms with Crippen molar-refractivity contribution in [3.63, 3.8) is 0 Å². The van der Waals surface area contributed by atoms with Crippen LogP contribution in [0.3, 0.4) is 0 Å². The fraction of sp³-hybridized carbons (Fsp3) is 0.160. The predicted molar refractivity (Wildman–Crippen MR) is 127 cm³/mol. The highest BCUT2D eigenvalue weighted by molar-refractivity contribution is 8.20. The van der Waals surface area contributed by atoms with E-state index >= 15 is 0 Å². The molecule has 0 aliphatic carbocycles. The van der Waals surface area contributed by atoms with Gasteiger partial charge in [0.15, 0.2) is 0 Å². The van der Waals surface area contributed by atoms with Crippen LogP contribution in [0.4, 0.5) is 0 Å². The monoisotopic (exact) mass is 433 g/mol. The van der Waals surface area contributed by atoms with E-state index in [1.807, 2.05) is 60.7 Å². The van der Waals surface area contributed by atoms with Crippen LogP contribution >= 0.6 is 6.19 Å². The van der Waals surface area contributed by atoms with Crippen molar-refractivity contribution in [1.29, 1.82) is 0 Å². The lowest BCUT2D eigenvalue weighted by Gasteiger charge is -2.40. The molecule has 3 aromatic rings. The van der Waals surface area contributed by atoms with Crippen LogP contribution in [0, 0.1) is 0 Å². The van der Waals surface area contributed by atoms with E-state index in [0.717, 1.165) is 16.2 Å². The summed E-state index contributed by atoms with van der Waals surface area (Å²) < 4.78 is 5.79. The molecule has 1 aliphatic heterocycles. The quantitative estimate of drug-likeness (QED) is 0.462. The lowest BCUT2D eigenvalue weighted by atomic mass is 9.87. The number of cyclic esters (lactones) is 1. The van der Waals surface area contributed by atoms with Gasteiger partial charge < -0.3 is 4.74 Å². The second-order valence-corrected chi connectivity index (χ2v) is 11.8. The number of rotatable bonds is 6. The molecule has 3 nitrogen and oxygen atoms in total. The lowest BCUT2D eigenvalue weighted by Crippen LogP contribution is -2.50. The summed E-state index contributed by atoms with van der Waals surface area (Å²) in [5.74, 6) is -0.281. The van der Waals surface area contributed by atoms with Crippen molar-refractivity contribution in [3.8, 4) is 0 Å². The van der Waals surface area contributed by atoms with E-state index in [-0.39, 0.29) is 5.97 Å². The maximum Gasteiger partial charge on any atom is 0.334 e. The third-order valence-electron chi connectivity index (χ3n) is 5.53. The van der Waals surface area contributed by atoms with E-state index < -0.39 is 17.8 Å². The van der Waals surface area contributed by atoms with Crippen LogP contribution in [-0.2, 0) is 26.9 Å². The summed E-state index contributed by atoms with van der Waals surface area (Å²) in [5.41, 5.74) is 0.946. The lowest BCUT2D eigenvalue weighted by molar-refractivity contribution is -0.142. The highest BCUT2D eigenvalue weighted by Crippen LogP contribution is 2.46. The number of benzene rings is 3. The van der Waals surface area contributed by atoms with Gasteiger partial charge in [0.25, 0.3) is 0 Å². The van der Waals surface area contributed by atoms with E-state index in [9.17, 15) is 4.79 Å². The van der Waals surface area contributed by atoms with Crippen LogP contribution in [0.2, 0.25) is 0 Å². The first-order chi connectivity index (χ1) is 14.4. The van der Waals surface area contributed by atoms with Crippen LogP contribution in [0.1, 0.15) is 19.4 Å². The molecule has 5 heteroatoms. The fourth-order valence-electron chi connectivity index (χ4n) is 3.78. The first-order valence-electron chi connectivity index (χ1n) is 9.89. The summed E-state index contributed by atoms with van der Waals surface area (Å²) >= 11 is 6.42. The van der Waals surface area contributed by atoms with E-state index in [0.29, 0.717) is 5.57 Å². The molecule has 1 N–H and O–H groups in total. The molecule has 1 heterocycles. The number of hydrogen-bond acceptors (Lipinski definition) is 3. The van der Waals surface area contributed by atoms with E-state index in [1.54, 1.807) is 6.92 Å². The molecule has 0 spiro atoms. The smallest absolute Gasteiger partial charge is 0.334 e. The van der Waals surface area contributed by atoms with Crippen molar-refractivity contribution in [2.24, 2.45) is 0 Å². The minimum absolute atomic E-state index is 0.281. The Morgan fingerprint density at radius 2 is 1.33 bits per heavy atom. The molecule has 152 valence electrons. The highest BCUT2D eigenvalue weighted by Gasteiger charge is 2.44. The zero-order chi connectivity index (χ0) is 21.2. The molecule has 0 amide bonds. The second kappa shape index (κ2) is 8.31. The summed E-state index contributed by atoms with van der Waals surface area (Å²) in [6.07, 6.45) is -0.996. The summed E-state index contributed by atoms with van der Waals surface area (Å²) in [5, 5.41) is 5.98. The zero-order valence-electron chi connectivity index (χ0n) is 17.0. The Labute approximate surface area is 182 Å². The Morgan fingerprint density at radius 1 is 0.867 bits per heavy atom. The van der Waals surface area contributed by atoms with Crippen LogP contribution in [-0.4, -0.2) is 12.1 Å². The Bertz CT molecular complexity index is 1070. The Kier molecular flexibility index (Phi) is 5.75. The topological polar surface area (TPSA) is 38.3 Å². The molecule has 3 aromatic carbocycles. The highest BCUT2D eigenvalue weighted by atomic mass is 32.4. The van der Waals surface area contributed by atoms with Crippen molar-refractivity contribution >= 4 is 34.6 Å². The average molecular weight is 434 g/mol. The molecular weight excluding hydrogens is 409 g/mol. The van der Waals surface area contributed by atoms with Crippen molar-refractivity contribution in [1.82, 2.24) is 5.09 Å². The maximum absolute atomic E-state index is 12.2. The number of nitrogens with one attached hydrogen (secondary N) is 1. The summed E-state index contributed by atoms with van der Waals surface area (Å²) in [7, 11) is 0. The average Bonchev–Trinajstić information content (AvgIpc) is 3.14. The molecule has 1 aliphatic rings. The fourth-order valence-corrected chi connectivity index (χ4v) is 7.73. The van der Waals surface area contributed by atoms with Gasteiger partial charge in [-0.1, -0.05) is 103 Å². The molecule has 0 radical (unpaired) electrons. The Morgan fingerprint density at radius 3 is 1.77 bits per heavy atom. The van der Waals surface area contributed by atoms with Gasteiger partial charge in [-0.2, -0.15) is 0 Å². The molecule has 0 unspecified atom stereocenters. The molecule has 0 bridgehead atoms. The van der Waals surface area contributed by atoms with Crippen LogP contribution in [0.25, 0.3) is 0 Å². The van der Waals surface area contributed by atoms with Gasteiger partial charge in [-0.15, -0.1) is 0 Å². The molecule has 0 fully saturated rings. The summed E-state index contributed by atoms with van der Waals surface area (Å²) in [6.45, 7) is 3.86. The molecular formula is C25H24NO2PS. The molecule has 30 heavy (non-hydrogen) atoms. The first-order valence-corrected chi connectivity index (χ1v) is 12.7. The van der Waals surface area contributed by atoms with Crippen molar-refractivity contribution in [2.75, 3.05) is 0 Å². The SMILES string of the molecule is CC1=C[C@H]([C@@](C)(NP(=S)(c2ccccc2)c2ccccc2)c2ccccc2)OC1=O. The minimum atomic E-state index is -2.44. The predicted octanol–water partition coefficient (Wildman–Crippen LogP) is 4.41. The number of esters is 1. The third-order valence-corrected chi connectivity index (χ3v) is 9.90. The van der Waals surface area contributed by atoms with E-state index in [1.165, 1.54) is 0 Å². The largest absolute Gasteiger partial charge is 0.452 e. The molecule has 4 rings (SSSR count). The summed E-state index contributed by atoms with van der Waals surface area (Å²) in [4.78, 5) is 12.2. The summed E-state index contributed by atoms with van der Waals surface area (Å²) in [6, 6.07) is 30.4. The molecule has 0 saturated heterocycles. The Balaban J connectivity index is 1.88. The number of ether oxygens (including phenoxy) is 1. The van der Waals surface area contributed by atoms with Gasteiger partial charge in [-0.3, -0.25) is 5.09 Å². The van der Waals surface area contributed by atoms with Crippen molar-refractivity contribution in [2.45, 2.75) is 25.5 Å². The number of carbonyl (C=O) groups excluding carboxylic acids is 1. The third kappa shape index (κ3) is 3.79. The van der Waals surface area contributed by atoms with Crippen molar-refractivity contribution in [3.05, 3.63) is 108 Å². The van der Waals surface area contributed by atoms with Crippen LogP contribution < -0.4 is 15.7 Å². The van der Waals surface area contributed by atoms with E-state index in [4.69, 9.17) is 16.5 Å². The number of carbonyl (C=O) groups is 1. The maximum atomic E-state index is 12.2. The zero-order valence-corrected chi connectivity index (χ0v) is 18.7. The second-order valence-electron chi connectivity index (χ2n) is 7.64. The van der Waals surface area contributed by atoms with Gasteiger partial charge in [-0.25, -0.2) is 4.79 Å². The normalized spacial score (nSPS) is 18.4. The van der Waals surface area contributed by atoms with Crippen LogP contribution in [0.5, 0.6) is 0 Å². The minimum Gasteiger partial charge on any atom is -0.452 e. The Hall–Kier alpha value is -2.52. The van der Waals surface area contributed by atoms with E-state index in [2.05, 4.69) is 48.4 Å². The van der Waals surface area contributed by atoms with Crippen molar-refractivity contribution < 1.29 is 9.53 Å². The van der Waals surface area contributed by atoms with Gasteiger partial charge in [0.05, 0.1) is 11.7 Å². The van der Waals surface area contributed by atoms with Gasteiger partial charge in [-0.05, 0) is 25.5 Å². The van der Waals surface area contributed by atoms with Gasteiger partial charge >= 0.3 is 5.97 Å². The molecule has 2 atom stereocenters. The first kappa shape index (κ1) is 20.7. The van der Waals surface area contributed by atoms with Crippen LogP contribution in [0.15, 0.2) is 103 Å². The van der Waals surface area contributed by atoms with Gasteiger partial charge in [0.2, 0.25) is 0 Å². The number of hydrogen-bond donors (Lipinski definition) is 1. The van der Waals surface area contributed by atoms with Gasteiger partial charge in [0.1, 0.15) is 6.10 Å². The molecule has 0 aromatic heterocycles. The van der Waals surface area contributed by atoms with Gasteiger partial charge in [0, 0.05) is 16.2 Å².